The van der Waals surface area contributed by atoms with E-state index in [4.69, 9.17) is 10.5 Å². The molecule has 0 aliphatic rings. The van der Waals surface area contributed by atoms with Crippen LogP contribution in [-0.4, -0.2) is 0 Å². The average Bonchev–Trinajstić information content (AvgIpc) is 2.49. The van der Waals surface area contributed by atoms with E-state index >= 15 is 0 Å². The van der Waals surface area contributed by atoms with Gasteiger partial charge in [0.05, 0.1) is 0 Å². The van der Waals surface area contributed by atoms with Crippen molar-refractivity contribution in [2.24, 2.45) is 0 Å². The smallest absolute Gasteiger partial charge is 0.127 e. The van der Waals surface area contributed by atoms with Crippen LogP contribution in [-0.2, 0) is 6.61 Å². The van der Waals surface area contributed by atoms with Gasteiger partial charge in [-0.1, -0.05) is 54.1 Å². The van der Waals surface area contributed by atoms with Gasteiger partial charge in [-0.25, -0.2) is 0 Å². The first-order valence-electron chi connectivity index (χ1n) is 6.69. The molecule has 3 aromatic rings. The van der Waals surface area contributed by atoms with Crippen LogP contribution in [0.2, 0.25) is 0 Å². The molecule has 2 N–H and O–H groups in total. The number of anilines is 1. The Balaban J connectivity index is 1.88. The first-order valence-corrected chi connectivity index (χ1v) is 6.69. The number of ether oxygens (including phenoxy) is 1. The standard InChI is InChI=1S/C18H17NO/c1-13-6-8-14(9-7-13)12-20-18-11-10-17(19)15-4-2-3-5-16(15)18/h2-11H,12,19H2,1H3. The largest absolute Gasteiger partial charge is 0.488 e. The fraction of sp³-hybridized carbons (Fsp3) is 0.111. The van der Waals surface area contributed by atoms with Crippen LogP contribution < -0.4 is 10.5 Å². The van der Waals surface area contributed by atoms with Crippen molar-refractivity contribution in [2.75, 3.05) is 5.73 Å². The third-order valence-corrected chi connectivity index (χ3v) is 3.43. The molecule has 0 spiro atoms. The Kier molecular flexibility index (Phi) is 3.30. The van der Waals surface area contributed by atoms with Crippen LogP contribution >= 0.6 is 0 Å². The second-order valence-electron chi connectivity index (χ2n) is 4.97. The molecule has 0 radical (unpaired) electrons. The lowest BCUT2D eigenvalue weighted by molar-refractivity contribution is 0.310. The van der Waals surface area contributed by atoms with Crippen molar-refractivity contribution in [3.05, 3.63) is 71.8 Å². The first-order chi connectivity index (χ1) is 9.74. The maximum absolute atomic E-state index is 5.99. The maximum Gasteiger partial charge on any atom is 0.127 e. The summed E-state index contributed by atoms with van der Waals surface area (Å²) in [5.41, 5.74) is 9.19. The van der Waals surface area contributed by atoms with Gasteiger partial charge in [0.15, 0.2) is 0 Å². The first kappa shape index (κ1) is 12.5. The molecule has 100 valence electrons. The number of nitrogen functional groups attached to an aromatic ring is 1. The lowest BCUT2D eigenvalue weighted by Crippen LogP contribution is -1.97. The highest BCUT2D eigenvalue weighted by atomic mass is 16.5. The molecule has 0 heterocycles. The molecule has 0 aromatic heterocycles. The van der Waals surface area contributed by atoms with Crippen LogP contribution in [0.25, 0.3) is 10.8 Å². The third-order valence-electron chi connectivity index (χ3n) is 3.43. The van der Waals surface area contributed by atoms with Crippen molar-refractivity contribution in [3.63, 3.8) is 0 Å². The molecule has 0 aliphatic heterocycles. The molecule has 0 saturated heterocycles. The summed E-state index contributed by atoms with van der Waals surface area (Å²) in [5, 5.41) is 2.09. The van der Waals surface area contributed by atoms with E-state index in [0.29, 0.717) is 6.61 Å². The van der Waals surface area contributed by atoms with Crippen LogP contribution in [0.3, 0.4) is 0 Å². The fourth-order valence-electron chi connectivity index (χ4n) is 2.27. The highest BCUT2D eigenvalue weighted by Crippen LogP contribution is 2.30. The van der Waals surface area contributed by atoms with Gasteiger partial charge in [0, 0.05) is 16.5 Å². The number of rotatable bonds is 3. The van der Waals surface area contributed by atoms with Crippen LogP contribution in [0.1, 0.15) is 11.1 Å². The second-order valence-corrected chi connectivity index (χ2v) is 4.97. The second kappa shape index (κ2) is 5.25. The number of hydrogen-bond donors (Lipinski definition) is 1. The van der Waals surface area contributed by atoms with E-state index in [1.165, 1.54) is 5.56 Å². The SMILES string of the molecule is Cc1ccc(COc2ccc(N)c3ccccc23)cc1. The summed E-state index contributed by atoms with van der Waals surface area (Å²) in [6.45, 7) is 2.65. The van der Waals surface area contributed by atoms with E-state index in [9.17, 15) is 0 Å². The van der Waals surface area contributed by atoms with E-state index in [0.717, 1.165) is 27.8 Å². The zero-order chi connectivity index (χ0) is 13.9. The minimum Gasteiger partial charge on any atom is -0.488 e. The molecule has 2 nitrogen and oxygen atoms in total. The number of benzene rings is 3. The van der Waals surface area contributed by atoms with Crippen molar-refractivity contribution in [1.82, 2.24) is 0 Å². The Labute approximate surface area is 118 Å². The summed E-state index contributed by atoms with van der Waals surface area (Å²) in [5.74, 6) is 0.871. The quantitative estimate of drug-likeness (QED) is 0.715. The van der Waals surface area contributed by atoms with Gasteiger partial charge in [0.1, 0.15) is 12.4 Å². The Bertz CT molecular complexity index is 732. The molecule has 0 unspecified atom stereocenters. The molecule has 0 fully saturated rings. The summed E-state index contributed by atoms with van der Waals surface area (Å²) in [6, 6.07) is 20.3. The highest BCUT2D eigenvalue weighted by molar-refractivity contribution is 5.96. The summed E-state index contributed by atoms with van der Waals surface area (Å²) in [7, 11) is 0. The summed E-state index contributed by atoms with van der Waals surface area (Å²) >= 11 is 0. The molecule has 0 bridgehead atoms. The molecule has 2 heteroatoms. The van der Waals surface area contributed by atoms with Gasteiger partial charge >= 0.3 is 0 Å². The average molecular weight is 263 g/mol. The van der Waals surface area contributed by atoms with Gasteiger partial charge in [-0.2, -0.15) is 0 Å². The normalized spacial score (nSPS) is 10.7. The molecule has 3 rings (SSSR count). The van der Waals surface area contributed by atoms with Crippen molar-refractivity contribution in [3.8, 4) is 5.75 Å². The van der Waals surface area contributed by atoms with Crippen molar-refractivity contribution >= 4 is 16.5 Å². The van der Waals surface area contributed by atoms with Crippen LogP contribution in [0.4, 0.5) is 5.69 Å². The summed E-state index contributed by atoms with van der Waals surface area (Å²) in [4.78, 5) is 0. The molecule has 0 aliphatic carbocycles. The van der Waals surface area contributed by atoms with E-state index in [2.05, 4.69) is 31.2 Å². The monoisotopic (exact) mass is 263 g/mol. The van der Waals surface area contributed by atoms with Gasteiger partial charge < -0.3 is 10.5 Å². The maximum atomic E-state index is 5.99. The van der Waals surface area contributed by atoms with Crippen molar-refractivity contribution < 1.29 is 4.74 Å². The number of fused-ring (bicyclic) bond motifs is 1. The number of aryl methyl sites for hydroxylation is 1. The zero-order valence-electron chi connectivity index (χ0n) is 11.5. The van der Waals surface area contributed by atoms with Crippen LogP contribution in [0.5, 0.6) is 5.75 Å². The Morgan fingerprint density at radius 1 is 0.850 bits per heavy atom. The molecule has 0 saturated carbocycles. The van der Waals surface area contributed by atoms with Crippen molar-refractivity contribution in [1.29, 1.82) is 0 Å². The molecular weight excluding hydrogens is 246 g/mol. The minimum atomic E-state index is 0.564. The zero-order valence-corrected chi connectivity index (χ0v) is 11.5. The highest BCUT2D eigenvalue weighted by Gasteiger charge is 2.04. The fourth-order valence-corrected chi connectivity index (χ4v) is 2.27. The topological polar surface area (TPSA) is 35.2 Å². The molecular formula is C18H17NO. The predicted octanol–water partition coefficient (Wildman–Crippen LogP) is 4.31. The van der Waals surface area contributed by atoms with Gasteiger partial charge in [-0.15, -0.1) is 0 Å². The summed E-state index contributed by atoms with van der Waals surface area (Å²) in [6.07, 6.45) is 0. The Hall–Kier alpha value is -2.48. The van der Waals surface area contributed by atoms with Crippen LogP contribution in [0, 0.1) is 6.92 Å². The van der Waals surface area contributed by atoms with Crippen LogP contribution in [0.15, 0.2) is 60.7 Å². The minimum absolute atomic E-state index is 0.564. The van der Waals surface area contributed by atoms with Gasteiger partial charge in [-0.3, -0.25) is 0 Å². The lowest BCUT2D eigenvalue weighted by atomic mass is 10.1. The Morgan fingerprint density at radius 2 is 1.55 bits per heavy atom. The Morgan fingerprint density at radius 3 is 2.30 bits per heavy atom. The van der Waals surface area contributed by atoms with Gasteiger partial charge in [0.2, 0.25) is 0 Å². The molecule has 0 amide bonds. The van der Waals surface area contributed by atoms with E-state index in [1.807, 2.05) is 36.4 Å². The van der Waals surface area contributed by atoms with E-state index in [-0.39, 0.29) is 0 Å². The molecule has 0 atom stereocenters. The molecule has 20 heavy (non-hydrogen) atoms. The van der Waals surface area contributed by atoms with E-state index < -0.39 is 0 Å². The van der Waals surface area contributed by atoms with Crippen molar-refractivity contribution in [2.45, 2.75) is 13.5 Å². The van der Waals surface area contributed by atoms with Gasteiger partial charge in [-0.05, 0) is 24.6 Å². The predicted molar refractivity (Wildman–Crippen MR) is 83.9 cm³/mol. The number of nitrogens with two attached hydrogens (primary N) is 1. The molecule has 3 aromatic carbocycles. The van der Waals surface area contributed by atoms with Gasteiger partial charge in [0.25, 0.3) is 0 Å². The lowest BCUT2D eigenvalue weighted by Gasteiger charge is -2.11. The number of hydrogen-bond acceptors (Lipinski definition) is 2. The third kappa shape index (κ3) is 2.45. The van der Waals surface area contributed by atoms with E-state index in [1.54, 1.807) is 0 Å². The summed E-state index contributed by atoms with van der Waals surface area (Å²) < 4.78 is 5.94.